The Hall–Kier alpha value is -3.88. The minimum atomic E-state index is -1.05. The van der Waals surface area contributed by atoms with E-state index in [1.54, 1.807) is 12.1 Å². The van der Waals surface area contributed by atoms with E-state index in [1.165, 1.54) is 0 Å². The van der Waals surface area contributed by atoms with E-state index in [0.717, 1.165) is 11.1 Å². The van der Waals surface area contributed by atoms with Crippen LogP contribution in [0.15, 0.2) is 54.6 Å². The molecule has 0 heterocycles. The van der Waals surface area contributed by atoms with Crippen LogP contribution in [0.4, 0.5) is 4.79 Å². The molecule has 0 spiro atoms. The lowest BCUT2D eigenvalue weighted by atomic mass is 9.99. The summed E-state index contributed by atoms with van der Waals surface area (Å²) in [6.07, 6.45) is -0.327. The molecule has 36 heavy (non-hydrogen) atoms. The Morgan fingerprint density at radius 3 is 2.14 bits per heavy atom. The molecule has 0 aliphatic carbocycles. The van der Waals surface area contributed by atoms with Crippen molar-refractivity contribution in [3.8, 4) is 11.1 Å². The van der Waals surface area contributed by atoms with Crippen LogP contribution in [-0.4, -0.2) is 48.7 Å². The minimum Gasteiger partial charge on any atom is -0.481 e. The summed E-state index contributed by atoms with van der Waals surface area (Å²) in [5.41, 5.74) is 2.53. The molecule has 0 saturated carbocycles. The van der Waals surface area contributed by atoms with Gasteiger partial charge in [0.15, 0.2) is 0 Å². The average molecular weight is 498 g/mol. The summed E-state index contributed by atoms with van der Waals surface area (Å²) >= 11 is 0. The van der Waals surface area contributed by atoms with Crippen LogP contribution in [0.3, 0.4) is 0 Å². The minimum absolute atomic E-state index is 0.117. The number of nitrogens with one attached hydrogen (secondary N) is 3. The highest BCUT2D eigenvalue weighted by Crippen LogP contribution is 2.23. The van der Waals surface area contributed by atoms with Crippen molar-refractivity contribution in [2.24, 2.45) is 5.41 Å². The van der Waals surface area contributed by atoms with Gasteiger partial charge in [0.25, 0.3) is 0 Å². The Morgan fingerprint density at radius 2 is 1.53 bits per heavy atom. The Bertz CT molecular complexity index is 1020. The first-order valence-corrected chi connectivity index (χ1v) is 11.9. The van der Waals surface area contributed by atoms with E-state index in [2.05, 4.69) is 16.0 Å². The fourth-order valence-electron chi connectivity index (χ4n) is 3.25. The largest absolute Gasteiger partial charge is 0.481 e. The molecule has 0 bridgehead atoms. The van der Waals surface area contributed by atoms with E-state index in [1.807, 2.05) is 63.2 Å². The molecule has 0 fully saturated rings. The maximum absolute atomic E-state index is 12.4. The average Bonchev–Trinajstić information content (AvgIpc) is 2.83. The van der Waals surface area contributed by atoms with E-state index < -0.39 is 24.0 Å². The number of carbonyl (C=O) groups is 4. The maximum atomic E-state index is 12.4. The Labute approximate surface area is 211 Å². The molecule has 1 unspecified atom stereocenters. The summed E-state index contributed by atoms with van der Waals surface area (Å²) in [7, 11) is 0. The molecule has 0 aromatic heterocycles. The van der Waals surface area contributed by atoms with Crippen molar-refractivity contribution in [2.45, 2.75) is 46.1 Å². The Morgan fingerprint density at radius 1 is 0.889 bits per heavy atom. The number of hydrogen-bond donors (Lipinski definition) is 4. The summed E-state index contributed by atoms with van der Waals surface area (Å²) in [6.45, 7) is 6.12. The van der Waals surface area contributed by atoms with Gasteiger partial charge in [-0.25, -0.2) is 4.79 Å². The monoisotopic (exact) mass is 497 g/mol. The first kappa shape index (κ1) is 28.4. The first-order valence-electron chi connectivity index (χ1n) is 11.9. The molecule has 3 amide bonds. The van der Waals surface area contributed by atoms with E-state index in [0.29, 0.717) is 12.0 Å². The zero-order valence-electron chi connectivity index (χ0n) is 21.0. The molecule has 0 aliphatic heterocycles. The van der Waals surface area contributed by atoms with E-state index in [9.17, 15) is 24.3 Å². The van der Waals surface area contributed by atoms with Gasteiger partial charge in [-0.3, -0.25) is 14.4 Å². The van der Waals surface area contributed by atoms with E-state index >= 15 is 0 Å². The van der Waals surface area contributed by atoms with E-state index in [-0.39, 0.29) is 43.9 Å². The molecular weight excluding hydrogens is 462 g/mol. The zero-order chi connectivity index (χ0) is 26.6. The molecule has 0 radical (unpaired) electrons. The number of carbonyl (C=O) groups excluding carboxylic acids is 3. The van der Waals surface area contributed by atoms with Crippen LogP contribution >= 0.6 is 0 Å². The van der Waals surface area contributed by atoms with Gasteiger partial charge in [-0.05, 0) is 28.5 Å². The second-order valence-electron chi connectivity index (χ2n) is 9.65. The molecule has 9 heteroatoms. The number of carboxylic acids is 1. The summed E-state index contributed by atoms with van der Waals surface area (Å²) in [6, 6.07) is 16.3. The lowest BCUT2D eigenvalue weighted by molar-refractivity contribution is -0.138. The number of aliphatic carboxylic acids is 1. The summed E-state index contributed by atoms with van der Waals surface area (Å²) in [5, 5.41) is 17.1. The second-order valence-corrected chi connectivity index (χ2v) is 9.65. The molecule has 4 N–H and O–H groups in total. The van der Waals surface area contributed by atoms with Gasteiger partial charge in [-0.1, -0.05) is 75.4 Å². The number of hydrogen-bond acceptors (Lipinski definition) is 5. The summed E-state index contributed by atoms with van der Waals surface area (Å²) in [5.74, 6) is -1.90. The normalized spacial score (nSPS) is 11.8. The smallest absolute Gasteiger partial charge is 0.407 e. The predicted octanol–water partition coefficient (Wildman–Crippen LogP) is 3.65. The van der Waals surface area contributed by atoms with Gasteiger partial charge in [-0.15, -0.1) is 0 Å². The number of rotatable bonds is 12. The summed E-state index contributed by atoms with van der Waals surface area (Å²) in [4.78, 5) is 47.4. The fourth-order valence-corrected chi connectivity index (χ4v) is 3.25. The number of ether oxygens (including phenoxy) is 1. The van der Waals surface area contributed by atoms with Gasteiger partial charge in [0.1, 0.15) is 0 Å². The van der Waals surface area contributed by atoms with Crippen molar-refractivity contribution in [1.29, 1.82) is 0 Å². The highest BCUT2D eigenvalue weighted by Gasteiger charge is 2.19. The van der Waals surface area contributed by atoms with Crippen molar-refractivity contribution in [3.05, 3.63) is 60.2 Å². The van der Waals surface area contributed by atoms with Crippen LogP contribution in [-0.2, 0) is 19.1 Å². The third-order valence-corrected chi connectivity index (χ3v) is 5.07. The van der Waals surface area contributed by atoms with Crippen molar-refractivity contribution in [3.63, 3.8) is 0 Å². The third kappa shape index (κ3) is 11.0. The molecule has 2 aromatic rings. The summed E-state index contributed by atoms with van der Waals surface area (Å²) < 4.78 is 5.08. The number of amides is 3. The lowest BCUT2D eigenvalue weighted by Crippen LogP contribution is -2.39. The lowest BCUT2D eigenvalue weighted by Gasteiger charge is -2.18. The van der Waals surface area contributed by atoms with Crippen LogP contribution in [0.2, 0.25) is 0 Å². The molecule has 194 valence electrons. The third-order valence-electron chi connectivity index (χ3n) is 5.07. The highest BCUT2D eigenvalue weighted by molar-refractivity contribution is 5.85. The molecule has 1 atom stereocenters. The molecule has 0 saturated heterocycles. The van der Waals surface area contributed by atoms with Crippen LogP contribution in [0.1, 0.15) is 51.6 Å². The predicted molar refractivity (Wildman–Crippen MR) is 136 cm³/mol. The molecule has 2 aromatic carbocycles. The van der Waals surface area contributed by atoms with Crippen molar-refractivity contribution in [1.82, 2.24) is 16.0 Å². The number of carboxylic acid groups (broad SMARTS) is 1. The van der Waals surface area contributed by atoms with Gasteiger partial charge in [0.05, 0.1) is 25.6 Å². The van der Waals surface area contributed by atoms with Gasteiger partial charge in [0.2, 0.25) is 11.8 Å². The molecule has 0 aliphatic rings. The van der Waals surface area contributed by atoms with Crippen molar-refractivity contribution in [2.75, 3.05) is 19.7 Å². The highest BCUT2D eigenvalue weighted by atomic mass is 16.5. The number of benzene rings is 2. The van der Waals surface area contributed by atoms with Gasteiger partial charge >= 0.3 is 12.1 Å². The van der Waals surface area contributed by atoms with Gasteiger partial charge in [0, 0.05) is 13.0 Å². The van der Waals surface area contributed by atoms with Gasteiger partial charge < -0.3 is 25.8 Å². The molecular formula is C27H35N3O6. The first-order chi connectivity index (χ1) is 17.0. The van der Waals surface area contributed by atoms with Crippen LogP contribution < -0.4 is 16.0 Å². The SMILES string of the molecule is CC(C)(C)COC(=O)NCCCC(=O)NCC(=O)NC(CC(=O)O)c1ccc(-c2ccccc2)cc1. The Balaban J connectivity index is 1.77. The maximum Gasteiger partial charge on any atom is 0.407 e. The quantitative estimate of drug-likeness (QED) is 0.331. The Kier molecular flexibility index (Phi) is 10.9. The zero-order valence-corrected chi connectivity index (χ0v) is 21.0. The van der Waals surface area contributed by atoms with E-state index in [4.69, 9.17) is 4.74 Å². The second kappa shape index (κ2) is 13.9. The van der Waals surface area contributed by atoms with Crippen molar-refractivity contribution < 1.29 is 29.0 Å². The standard InChI is InChI=1S/C27H35N3O6/c1-27(2,3)18-36-26(35)28-15-7-10-23(31)29-17-24(32)30-22(16-25(33)34)21-13-11-20(12-14-21)19-8-5-4-6-9-19/h4-6,8-9,11-14,22H,7,10,15-18H2,1-3H3,(H,28,35)(H,29,31)(H,30,32)(H,33,34). The molecule has 2 rings (SSSR count). The van der Waals surface area contributed by atoms with Crippen LogP contribution in [0.5, 0.6) is 0 Å². The number of alkyl carbamates (subject to hydrolysis) is 1. The molecule has 9 nitrogen and oxygen atoms in total. The topological polar surface area (TPSA) is 134 Å². The van der Waals surface area contributed by atoms with Crippen LogP contribution in [0.25, 0.3) is 11.1 Å². The fraction of sp³-hybridized carbons (Fsp3) is 0.407. The van der Waals surface area contributed by atoms with Crippen molar-refractivity contribution >= 4 is 23.9 Å². The van der Waals surface area contributed by atoms with Gasteiger partial charge in [-0.2, -0.15) is 0 Å². The van der Waals surface area contributed by atoms with Crippen LogP contribution in [0, 0.1) is 5.41 Å².